The molecule has 5 heterocycles. The smallest absolute Gasteiger partial charge is 0.447 e. The Morgan fingerprint density at radius 2 is 2.07 bits per heavy atom. The van der Waals surface area contributed by atoms with Crippen LogP contribution in [0.2, 0.25) is 0 Å². The quantitative estimate of drug-likeness (QED) is 0.0805. The number of hydrogen-bond donors (Lipinski definition) is 1. The molecule has 4 aliphatic rings. The van der Waals surface area contributed by atoms with E-state index in [0.717, 1.165) is 45.7 Å². The number of carbonyl (C=O) groups is 1. The number of ether oxygens (including phenoxy) is 1. The number of thiazole rings is 1. The topological polar surface area (TPSA) is 157 Å². The molecule has 4 unspecified atom stereocenters. The third-order valence-electron chi connectivity index (χ3n) is 9.12. The average molecular weight is 633 g/mol. The molecule has 1 amide bonds. The minimum atomic E-state index is -4.72. The zero-order valence-corrected chi connectivity index (χ0v) is 25.2. The number of aryl methyl sites for hydroxylation is 1. The summed E-state index contributed by atoms with van der Waals surface area (Å²) in [7, 11) is -2.78. The number of fused-ring (bicyclic) bond motifs is 5. The number of carbonyl (C=O) groups excluding carboxylic acids is 1. The SMILES string of the molecule is CC(=Cc1sc2ccc(SOO[O-])cc2[n+]1C)C=C1Oc2ccc(S(=O)(=O)[O-])cc2[N+]12CCCCC21C(=O)[N+]12CC2[NH3+]. The van der Waals surface area contributed by atoms with Crippen molar-refractivity contribution in [2.75, 3.05) is 13.1 Å². The van der Waals surface area contributed by atoms with Gasteiger partial charge in [-0.2, -0.15) is 13.4 Å². The van der Waals surface area contributed by atoms with Gasteiger partial charge < -0.3 is 20.3 Å². The van der Waals surface area contributed by atoms with E-state index in [0.29, 0.717) is 41.7 Å². The van der Waals surface area contributed by atoms with Crippen LogP contribution < -0.4 is 24.8 Å². The van der Waals surface area contributed by atoms with Gasteiger partial charge in [-0.3, -0.25) is 5.04 Å². The number of quaternary nitrogens is 3. The van der Waals surface area contributed by atoms with Gasteiger partial charge in [-0.05, 0) is 49.6 Å². The predicted octanol–water partition coefficient (Wildman–Crippen LogP) is 1.32. The van der Waals surface area contributed by atoms with Gasteiger partial charge in [0, 0.05) is 29.2 Å². The first-order chi connectivity index (χ1) is 20.0. The first-order valence-corrected chi connectivity index (χ1v) is 16.3. The van der Waals surface area contributed by atoms with E-state index in [1.807, 2.05) is 48.9 Å². The number of rotatable bonds is 6. The summed E-state index contributed by atoms with van der Waals surface area (Å²) in [4.78, 5) is 14.2. The fourth-order valence-electron chi connectivity index (χ4n) is 7.19. The first kappa shape index (κ1) is 28.1. The second-order valence-corrected chi connectivity index (χ2v) is 14.4. The summed E-state index contributed by atoms with van der Waals surface area (Å²) in [6.07, 6.45) is 6.18. The van der Waals surface area contributed by atoms with E-state index < -0.39 is 15.8 Å². The van der Waals surface area contributed by atoms with E-state index in [1.165, 1.54) is 18.2 Å². The lowest BCUT2D eigenvalue weighted by Crippen LogP contribution is -2.65. The summed E-state index contributed by atoms with van der Waals surface area (Å²) in [6, 6.07) is 9.86. The highest BCUT2D eigenvalue weighted by Crippen LogP contribution is 2.68. The molecule has 0 saturated carbocycles. The van der Waals surface area contributed by atoms with E-state index in [4.69, 9.17) is 4.74 Å². The number of aromatic nitrogens is 1. The van der Waals surface area contributed by atoms with E-state index in [9.17, 15) is 23.0 Å². The van der Waals surface area contributed by atoms with E-state index in [1.54, 1.807) is 11.3 Å². The van der Waals surface area contributed by atoms with Crippen molar-refractivity contribution in [1.29, 1.82) is 0 Å². The van der Waals surface area contributed by atoms with Gasteiger partial charge in [0.15, 0.2) is 11.4 Å². The average Bonchev–Trinajstić information content (AvgIpc) is 3.66. The minimum Gasteiger partial charge on any atom is -0.744 e. The zero-order valence-electron chi connectivity index (χ0n) is 22.8. The third kappa shape index (κ3) is 3.70. The molecule has 2 aromatic carbocycles. The Labute approximate surface area is 249 Å². The molecule has 7 rings (SSSR count). The Balaban J connectivity index is 1.35. The highest BCUT2D eigenvalue weighted by Gasteiger charge is 3.04. The van der Waals surface area contributed by atoms with Crippen molar-refractivity contribution in [2.45, 2.75) is 47.8 Å². The van der Waals surface area contributed by atoms with Crippen LogP contribution in [-0.2, 0) is 31.3 Å². The molecule has 3 N–H and O–H groups in total. The van der Waals surface area contributed by atoms with Crippen LogP contribution >= 0.6 is 23.4 Å². The summed E-state index contributed by atoms with van der Waals surface area (Å²) in [5, 5.41) is 14.6. The maximum absolute atomic E-state index is 13.8. The van der Waals surface area contributed by atoms with Crippen molar-refractivity contribution in [3.8, 4) is 5.75 Å². The molecule has 0 radical (unpaired) electrons. The molecule has 3 fully saturated rings. The Bertz CT molecular complexity index is 1860. The molecular formula is C27H28N4O8S3+2. The maximum Gasteiger partial charge on any atom is 0.447 e. The highest BCUT2D eigenvalue weighted by atomic mass is 32.2. The van der Waals surface area contributed by atoms with Crippen molar-refractivity contribution in [2.24, 2.45) is 7.05 Å². The van der Waals surface area contributed by atoms with Crippen molar-refractivity contribution in [3.63, 3.8) is 0 Å². The molecule has 3 aromatic rings. The normalized spacial score (nSPS) is 31.0. The summed E-state index contributed by atoms with van der Waals surface area (Å²) in [5.74, 6) is 1.08. The van der Waals surface area contributed by atoms with Gasteiger partial charge in [0.05, 0.1) is 29.9 Å². The van der Waals surface area contributed by atoms with Crippen LogP contribution in [0.3, 0.4) is 0 Å². The fourth-order valence-corrected chi connectivity index (χ4v) is 9.22. The Kier molecular flexibility index (Phi) is 6.29. The Morgan fingerprint density at radius 3 is 2.76 bits per heavy atom. The van der Waals surface area contributed by atoms with Crippen molar-refractivity contribution < 1.29 is 51.9 Å². The molecule has 220 valence electrons. The van der Waals surface area contributed by atoms with Crippen LogP contribution in [0, 0.1) is 0 Å². The van der Waals surface area contributed by atoms with Crippen molar-refractivity contribution in [1.82, 2.24) is 4.48 Å². The molecule has 0 aliphatic carbocycles. The first-order valence-electron chi connectivity index (χ1n) is 13.4. The molecule has 4 aliphatic heterocycles. The van der Waals surface area contributed by atoms with Crippen LogP contribution in [-0.4, -0.2) is 48.3 Å². The molecule has 4 atom stereocenters. The highest BCUT2D eigenvalue weighted by molar-refractivity contribution is 7.94. The largest absolute Gasteiger partial charge is 0.744 e. The Hall–Kier alpha value is -2.70. The van der Waals surface area contributed by atoms with Gasteiger partial charge in [-0.1, -0.05) is 11.3 Å². The van der Waals surface area contributed by atoms with Crippen LogP contribution in [0.4, 0.5) is 5.69 Å². The van der Waals surface area contributed by atoms with Gasteiger partial charge in [-0.15, -0.1) is 4.48 Å². The lowest BCUT2D eigenvalue weighted by molar-refractivity contribution is -0.777. The maximum atomic E-state index is 13.8. The van der Waals surface area contributed by atoms with Gasteiger partial charge in [0.2, 0.25) is 12.1 Å². The zero-order chi connectivity index (χ0) is 29.7. The monoisotopic (exact) mass is 632 g/mol. The number of piperidine rings is 1. The van der Waals surface area contributed by atoms with Gasteiger partial charge >= 0.3 is 17.5 Å². The molecule has 42 heavy (non-hydrogen) atoms. The minimum absolute atomic E-state index is 0.0582. The molecule has 3 saturated heterocycles. The lowest BCUT2D eigenvalue weighted by Gasteiger charge is -2.38. The van der Waals surface area contributed by atoms with Crippen LogP contribution in [0.15, 0.2) is 63.7 Å². The van der Waals surface area contributed by atoms with Gasteiger partial charge in [-0.25, -0.2) is 13.2 Å². The number of benzene rings is 2. The number of nitrogens with zero attached hydrogens (tertiary/aromatic N) is 3. The number of allylic oxidation sites excluding steroid dienone is 2. The molecule has 0 bridgehead atoms. The second-order valence-electron chi connectivity index (χ2n) is 11.2. The standard InChI is InChI=1S/C27H27N4O8S3/c1-16(11-24-29(2)19-13-17(41-39-38-33)5-8-22(19)40-24)12-25-30(20-14-18(42(34,35)36)6-7-21(20)37-25)10-4-3-9-27(30)26(32)31(27)15-23(31)28/h5-8,11-14,23H,3-4,9-10,15,28H2,1-2H3/q+1/p+1. The molecule has 3 spiro atoms. The van der Waals surface area contributed by atoms with Crippen LogP contribution in [0.5, 0.6) is 5.75 Å². The second kappa shape index (κ2) is 9.40. The number of hydrogen-bond acceptors (Lipinski definition) is 10. The van der Waals surface area contributed by atoms with Crippen molar-refractivity contribution >= 4 is 61.4 Å². The molecule has 12 nitrogen and oxygen atoms in total. The molecule has 1 aromatic heterocycles. The summed E-state index contributed by atoms with van der Waals surface area (Å²) in [6.45, 7) is 3.13. The van der Waals surface area contributed by atoms with Gasteiger partial charge in [0.1, 0.15) is 21.9 Å². The third-order valence-corrected chi connectivity index (χ3v) is 11.7. The van der Waals surface area contributed by atoms with Gasteiger partial charge in [0.25, 0.3) is 11.2 Å². The van der Waals surface area contributed by atoms with E-state index >= 15 is 0 Å². The molecular weight excluding hydrogens is 605 g/mol. The Morgan fingerprint density at radius 1 is 1.29 bits per heavy atom. The lowest BCUT2D eigenvalue weighted by atomic mass is 9.96. The van der Waals surface area contributed by atoms with E-state index in [-0.39, 0.29) is 25.9 Å². The van der Waals surface area contributed by atoms with Crippen LogP contribution in [0.1, 0.15) is 31.2 Å². The summed E-state index contributed by atoms with van der Waals surface area (Å²) in [5.41, 5.74) is 5.72. The fraction of sp³-hybridized carbons (Fsp3) is 0.333. The summed E-state index contributed by atoms with van der Waals surface area (Å²) >= 11 is 2.42. The molecule has 15 heteroatoms. The number of amides is 1. The predicted molar refractivity (Wildman–Crippen MR) is 148 cm³/mol. The van der Waals surface area contributed by atoms with Crippen LogP contribution in [0.25, 0.3) is 16.3 Å². The van der Waals surface area contributed by atoms with Crippen molar-refractivity contribution in [3.05, 3.63) is 58.9 Å². The summed E-state index contributed by atoms with van der Waals surface area (Å²) < 4.78 is 50.4. The van der Waals surface area contributed by atoms with E-state index in [2.05, 4.69) is 15.1 Å².